The van der Waals surface area contributed by atoms with Crippen LogP contribution in [0.25, 0.3) is 0 Å². The Morgan fingerprint density at radius 1 is 1.53 bits per heavy atom. The van der Waals surface area contributed by atoms with Crippen LogP contribution in [0.3, 0.4) is 0 Å². The predicted molar refractivity (Wildman–Crippen MR) is 57.4 cm³/mol. The summed E-state index contributed by atoms with van der Waals surface area (Å²) in [7, 11) is -4.20. The molecule has 0 aromatic carbocycles. The summed E-state index contributed by atoms with van der Waals surface area (Å²) in [5.74, 6) is 0. The predicted octanol–water partition coefficient (Wildman–Crippen LogP) is 1.54. The number of aromatic nitrogens is 1. The largest absolute Gasteiger partial charge is 0.384 e. The van der Waals surface area contributed by atoms with E-state index in [0.717, 1.165) is 19.0 Å². The van der Waals surface area contributed by atoms with Crippen molar-refractivity contribution in [3.05, 3.63) is 18.5 Å². The van der Waals surface area contributed by atoms with E-state index in [0.29, 0.717) is 12.2 Å². The third-order valence-electron chi connectivity index (χ3n) is 1.91. The lowest BCUT2D eigenvalue weighted by molar-refractivity contribution is 0.483. The standard InChI is InChI=1S/C9H14N2O3S/c1-2-3-5-11-8-4-6-10-7-9(8)15(12,13)14/h4,6-7H,2-3,5H2,1H3,(H,10,11)(H,12,13,14). The highest BCUT2D eigenvalue weighted by molar-refractivity contribution is 7.86. The molecule has 2 N–H and O–H groups in total. The Bertz CT molecular complexity index is 417. The Labute approximate surface area is 89.3 Å². The highest BCUT2D eigenvalue weighted by Gasteiger charge is 2.14. The third kappa shape index (κ3) is 3.49. The first-order valence-corrected chi connectivity index (χ1v) is 6.15. The van der Waals surface area contributed by atoms with E-state index in [1.165, 1.54) is 12.3 Å². The molecule has 0 unspecified atom stereocenters. The molecule has 0 atom stereocenters. The Morgan fingerprint density at radius 2 is 2.27 bits per heavy atom. The summed E-state index contributed by atoms with van der Waals surface area (Å²) < 4.78 is 30.8. The number of hydrogen-bond donors (Lipinski definition) is 2. The topological polar surface area (TPSA) is 79.3 Å². The van der Waals surface area contributed by atoms with Crippen molar-refractivity contribution in [2.24, 2.45) is 0 Å². The number of nitrogens with zero attached hydrogens (tertiary/aromatic N) is 1. The van der Waals surface area contributed by atoms with Gasteiger partial charge in [0, 0.05) is 12.7 Å². The van der Waals surface area contributed by atoms with Crippen LogP contribution in [-0.4, -0.2) is 24.5 Å². The van der Waals surface area contributed by atoms with Crippen molar-refractivity contribution >= 4 is 15.8 Å². The van der Waals surface area contributed by atoms with Crippen LogP contribution in [0.4, 0.5) is 5.69 Å². The molecule has 0 spiro atoms. The monoisotopic (exact) mass is 230 g/mol. The molecule has 0 aliphatic heterocycles. The summed E-state index contributed by atoms with van der Waals surface area (Å²) in [6, 6.07) is 1.53. The fourth-order valence-electron chi connectivity index (χ4n) is 1.13. The van der Waals surface area contributed by atoms with Gasteiger partial charge in [-0.25, -0.2) is 0 Å². The zero-order valence-electron chi connectivity index (χ0n) is 8.47. The van der Waals surface area contributed by atoms with E-state index in [2.05, 4.69) is 10.3 Å². The molecular weight excluding hydrogens is 216 g/mol. The minimum Gasteiger partial charge on any atom is -0.384 e. The molecule has 0 fully saturated rings. The second-order valence-corrected chi connectivity index (χ2v) is 4.52. The molecule has 5 nitrogen and oxygen atoms in total. The Kier molecular flexibility index (Phi) is 4.05. The lowest BCUT2D eigenvalue weighted by Crippen LogP contribution is -2.07. The molecule has 1 aromatic heterocycles. The van der Waals surface area contributed by atoms with Gasteiger partial charge in [0.15, 0.2) is 0 Å². The van der Waals surface area contributed by atoms with Crippen molar-refractivity contribution in [2.75, 3.05) is 11.9 Å². The van der Waals surface area contributed by atoms with Gasteiger partial charge in [-0.05, 0) is 12.5 Å². The van der Waals surface area contributed by atoms with Gasteiger partial charge in [0.2, 0.25) is 0 Å². The van der Waals surface area contributed by atoms with Gasteiger partial charge < -0.3 is 5.32 Å². The summed E-state index contributed by atoms with van der Waals surface area (Å²) >= 11 is 0. The Hall–Kier alpha value is -1.14. The first kappa shape index (κ1) is 11.9. The van der Waals surface area contributed by atoms with Gasteiger partial charge in [-0.15, -0.1) is 0 Å². The van der Waals surface area contributed by atoms with E-state index in [4.69, 9.17) is 4.55 Å². The normalized spacial score (nSPS) is 11.3. The SMILES string of the molecule is CCCCNc1ccncc1S(=O)(=O)O. The van der Waals surface area contributed by atoms with Gasteiger partial charge in [-0.2, -0.15) is 8.42 Å². The molecule has 1 aromatic rings. The van der Waals surface area contributed by atoms with Crippen molar-refractivity contribution in [2.45, 2.75) is 24.7 Å². The van der Waals surface area contributed by atoms with Crippen LogP contribution in [-0.2, 0) is 10.1 Å². The zero-order valence-corrected chi connectivity index (χ0v) is 9.29. The van der Waals surface area contributed by atoms with Gasteiger partial charge in [0.1, 0.15) is 4.90 Å². The van der Waals surface area contributed by atoms with Crippen molar-refractivity contribution in [3.63, 3.8) is 0 Å². The van der Waals surface area contributed by atoms with Crippen LogP contribution in [0.5, 0.6) is 0 Å². The van der Waals surface area contributed by atoms with E-state index >= 15 is 0 Å². The smallest absolute Gasteiger partial charge is 0.298 e. The average Bonchev–Trinajstić information content (AvgIpc) is 2.17. The number of rotatable bonds is 5. The van der Waals surface area contributed by atoms with Crippen LogP contribution in [0.2, 0.25) is 0 Å². The molecule has 0 saturated heterocycles. The van der Waals surface area contributed by atoms with E-state index in [1.807, 2.05) is 6.92 Å². The van der Waals surface area contributed by atoms with Crippen LogP contribution in [0.1, 0.15) is 19.8 Å². The second-order valence-electron chi connectivity index (χ2n) is 3.13. The fourth-order valence-corrected chi connectivity index (χ4v) is 1.74. The molecule has 1 rings (SSSR count). The minimum absolute atomic E-state index is 0.180. The van der Waals surface area contributed by atoms with E-state index in [9.17, 15) is 8.42 Å². The molecule has 6 heteroatoms. The van der Waals surface area contributed by atoms with Crippen LogP contribution >= 0.6 is 0 Å². The number of anilines is 1. The second kappa shape index (κ2) is 5.09. The highest BCUT2D eigenvalue weighted by Crippen LogP contribution is 2.18. The van der Waals surface area contributed by atoms with Gasteiger partial charge >= 0.3 is 0 Å². The van der Waals surface area contributed by atoms with Crippen LogP contribution in [0.15, 0.2) is 23.4 Å². The van der Waals surface area contributed by atoms with E-state index in [-0.39, 0.29) is 4.90 Å². The number of nitrogens with one attached hydrogen (secondary N) is 1. The summed E-state index contributed by atoms with van der Waals surface area (Å²) in [6.07, 6.45) is 4.55. The average molecular weight is 230 g/mol. The fraction of sp³-hybridized carbons (Fsp3) is 0.444. The maximum atomic E-state index is 11.0. The summed E-state index contributed by atoms with van der Waals surface area (Å²) in [5.41, 5.74) is 0.390. The van der Waals surface area contributed by atoms with E-state index < -0.39 is 10.1 Å². The maximum absolute atomic E-state index is 11.0. The first-order valence-electron chi connectivity index (χ1n) is 4.71. The maximum Gasteiger partial charge on any atom is 0.298 e. The summed E-state index contributed by atoms with van der Waals surface area (Å²) in [6.45, 7) is 2.71. The molecule has 0 radical (unpaired) electrons. The highest BCUT2D eigenvalue weighted by atomic mass is 32.2. The summed E-state index contributed by atoms with van der Waals surface area (Å²) in [5, 5.41) is 2.94. The Balaban J connectivity index is 2.88. The number of hydrogen-bond acceptors (Lipinski definition) is 4. The van der Waals surface area contributed by atoms with Crippen molar-refractivity contribution in [1.82, 2.24) is 4.98 Å². The lowest BCUT2D eigenvalue weighted by atomic mass is 10.3. The summed E-state index contributed by atoms with van der Waals surface area (Å²) in [4.78, 5) is 3.48. The molecule has 84 valence electrons. The molecule has 0 aliphatic carbocycles. The molecule has 1 heterocycles. The minimum atomic E-state index is -4.20. The first-order chi connectivity index (χ1) is 7.05. The van der Waals surface area contributed by atoms with Gasteiger partial charge in [-0.3, -0.25) is 9.54 Å². The zero-order chi connectivity index (χ0) is 11.3. The van der Waals surface area contributed by atoms with Gasteiger partial charge in [-0.1, -0.05) is 13.3 Å². The molecule has 15 heavy (non-hydrogen) atoms. The molecule has 0 amide bonds. The Morgan fingerprint density at radius 3 is 2.87 bits per heavy atom. The molecule has 0 bridgehead atoms. The van der Waals surface area contributed by atoms with Crippen molar-refractivity contribution in [3.8, 4) is 0 Å². The molecule has 0 saturated carbocycles. The molecular formula is C9H14N2O3S. The quantitative estimate of drug-likeness (QED) is 0.592. The van der Waals surface area contributed by atoms with Crippen LogP contribution < -0.4 is 5.32 Å². The van der Waals surface area contributed by atoms with E-state index in [1.54, 1.807) is 0 Å². The van der Waals surface area contributed by atoms with Crippen molar-refractivity contribution in [1.29, 1.82) is 0 Å². The van der Waals surface area contributed by atoms with Gasteiger partial charge in [0.05, 0.1) is 11.9 Å². The van der Waals surface area contributed by atoms with Crippen LogP contribution in [0, 0.1) is 0 Å². The third-order valence-corrected chi connectivity index (χ3v) is 2.79. The lowest BCUT2D eigenvalue weighted by Gasteiger charge is -2.08. The van der Waals surface area contributed by atoms with Crippen molar-refractivity contribution < 1.29 is 13.0 Å². The number of unbranched alkanes of at least 4 members (excludes halogenated alkanes) is 1. The number of pyridine rings is 1. The van der Waals surface area contributed by atoms with Gasteiger partial charge in [0.25, 0.3) is 10.1 Å². The molecule has 0 aliphatic rings.